The minimum Gasteiger partial charge on any atom is -0.327 e. The Labute approximate surface area is 76.9 Å². The molecule has 1 amide bonds. The molecule has 0 aliphatic carbocycles. The Morgan fingerprint density at radius 1 is 1.67 bits per heavy atom. The monoisotopic (exact) mass is 186 g/mol. The molecule has 2 aliphatic rings. The molecule has 2 aliphatic heterocycles. The van der Waals surface area contributed by atoms with Gasteiger partial charge in [-0.3, -0.25) is 4.79 Å². The van der Waals surface area contributed by atoms with E-state index in [4.69, 9.17) is 0 Å². The first-order valence-corrected chi connectivity index (χ1v) is 5.32. The first-order chi connectivity index (χ1) is 5.61. The second-order valence-corrected chi connectivity index (χ2v) is 4.97. The van der Waals surface area contributed by atoms with Crippen LogP contribution in [0.3, 0.4) is 0 Å². The van der Waals surface area contributed by atoms with Gasteiger partial charge in [-0.15, -0.1) is 11.8 Å². The summed E-state index contributed by atoms with van der Waals surface area (Å²) >= 11 is 1.76. The van der Waals surface area contributed by atoms with E-state index in [0.29, 0.717) is 17.0 Å². The SMILES string of the molecule is CC1(C)NCCN2C(=O)CS[C@H]21. The zero-order chi connectivity index (χ0) is 8.77. The lowest BCUT2D eigenvalue weighted by molar-refractivity contribution is -0.129. The van der Waals surface area contributed by atoms with Crippen molar-refractivity contribution >= 4 is 17.7 Å². The lowest BCUT2D eigenvalue weighted by atomic mass is 10.0. The normalized spacial score (nSPS) is 33.7. The molecule has 0 saturated carbocycles. The molecule has 3 nitrogen and oxygen atoms in total. The van der Waals surface area contributed by atoms with E-state index in [0.717, 1.165) is 13.1 Å². The van der Waals surface area contributed by atoms with Crippen molar-refractivity contribution in [3.8, 4) is 0 Å². The fourth-order valence-corrected chi connectivity index (χ4v) is 3.25. The number of fused-ring (bicyclic) bond motifs is 1. The highest BCUT2D eigenvalue weighted by Crippen LogP contribution is 2.34. The van der Waals surface area contributed by atoms with Gasteiger partial charge in [0.15, 0.2) is 0 Å². The van der Waals surface area contributed by atoms with Crippen LogP contribution >= 0.6 is 11.8 Å². The van der Waals surface area contributed by atoms with E-state index in [1.165, 1.54) is 0 Å². The molecule has 0 aromatic rings. The second-order valence-electron chi connectivity index (χ2n) is 3.90. The molecule has 2 heterocycles. The third-order valence-electron chi connectivity index (χ3n) is 2.52. The predicted octanol–water partition coefficient (Wildman–Crippen LogP) is 0.270. The second kappa shape index (κ2) is 2.64. The summed E-state index contributed by atoms with van der Waals surface area (Å²) in [5.41, 5.74) is 0.0784. The van der Waals surface area contributed by atoms with Crippen molar-refractivity contribution in [2.45, 2.75) is 24.8 Å². The number of hydrogen-bond acceptors (Lipinski definition) is 3. The van der Waals surface area contributed by atoms with Gasteiger partial charge in [0.25, 0.3) is 0 Å². The summed E-state index contributed by atoms with van der Waals surface area (Å²) in [6.45, 7) is 6.13. The Bertz CT molecular complexity index is 217. The molecule has 2 fully saturated rings. The minimum absolute atomic E-state index is 0.0784. The number of carbonyl (C=O) groups excluding carboxylic acids is 1. The fourth-order valence-electron chi connectivity index (χ4n) is 1.88. The number of piperazine rings is 1. The van der Waals surface area contributed by atoms with Crippen LogP contribution in [0.2, 0.25) is 0 Å². The summed E-state index contributed by atoms with van der Waals surface area (Å²) in [5, 5.41) is 3.78. The molecule has 0 aromatic heterocycles. The number of amides is 1. The van der Waals surface area contributed by atoms with E-state index in [2.05, 4.69) is 19.2 Å². The summed E-state index contributed by atoms with van der Waals surface area (Å²) < 4.78 is 0. The lowest BCUT2D eigenvalue weighted by Gasteiger charge is -2.42. The van der Waals surface area contributed by atoms with E-state index in [1.807, 2.05) is 4.90 Å². The molecular formula is C8H14N2OS. The maximum atomic E-state index is 11.4. The van der Waals surface area contributed by atoms with Crippen LogP contribution in [0.1, 0.15) is 13.8 Å². The first-order valence-electron chi connectivity index (χ1n) is 4.27. The van der Waals surface area contributed by atoms with Crippen molar-refractivity contribution in [2.75, 3.05) is 18.8 Å². The maximum Gasteiger partial charge on any atom is 0.233 e. The molecule has 0 unspecified atom stereocenters. The topological polar surface area (TPSA) is 32.3 Å². The number of thioether (sulfide) groups is 1. The Hall–Kier alpha value is -0.220. The summed E-state index contributed by atoms with van der Waals surface area (Å²) in [6.07, 6.45) is 0. The number of carbonyl (C=O) groups is 1. The molecule has 68 valence electrons. The number of nitrogens with zero attached hydrogens (tertiary/aromatic N) is 1. The van der Waals surface area contributed by atoms with Crippen LogP contribution in [0, 0.1) is 0 Å². The molecular weight excluding hydrogens is 172 g/mol. The van der Waals surface area contributed by atoms with Crippen LogP contribution in [-0.4, -0.2) is 40.6 Å². The van der Waals surface area contributed by atoms with Crippen molar-refractivity contribution < 1.29 is 4.79 Å². The van der Waals surface area contributed by atoms with Gasteiger partial charge in [-0.25, -0.2) is 0 Å². The summed E-state index contributed by atoms with van der Waals surface area (Å²) in [5.74, 6) is 0.968. The van der Waals surface area contributed by atoms with Crippen LogP contribution in [0.5, 0.6) is 0 Å². The maximum absolute atomic E-state index is 11.4. The van der Waals surface area contributed by atoms with E-state index in [-0.39, 0.29) is 5.54 Å². The van der Waals surface area contributed by atoms with Gasteiger partial charge in [0.05, 0.1) is 11.1 Å². The fraction of sp³-hybridized carbons (Fsp3) is 0.875. The Kier molecular flexibility index (Phi) is 1.84. The van der Waals surface area contributed by atoms with Gasteiger partial charge < -0.3 is 10.2 Å². The highest BCUT2D eigenvalue weighted by Gasteiger charge is 2.44. The zero-order valence-corrected chi connectivity index (χ0v) is 8.28. The molecule has 12 heavy (non-hydrogen) atoms. The largest absolute Gasteiger partial charge is 0.327 e. The molecule has 2 rings (SSSR count). The third kappa shape index (κ3) is 1.13. The number of rotatable bonds is 0. The molecule has 2 saturated heterocycles. The average molecular weight is 186 g/mol. The van der Waals surface area contributed by atoms with Gasteiger partial charge in [0, 0.05) is 18.6 Å². The highest BCUT2D eigenvalue weighted by molar-refractivity contribution is 8.01. The molecule has 0 bridgehead atoms. The van der Waals surface area contributed by atoms with Crippen molar-refractivity contribution in [2.24, 2.45) is 0 Å². The van der Waals surface area contributed by atoms with Crippen LogP contribution in [-0.2, 0) is 4.79 Å². The van der Waals surface area contributed by atoms with Gasteiger partial charge in [0.1, 0.15) is 0 Å². The van der Waals surface area contributed by atoms with Gasteiger partial charge in [-0.2, -0.15) is 0 Å². The van der Waals surface area contributed by atoms with E-state index in [1.54, 1.807) is 11.8 Å². The van der Waals surface area contributed by atoms with E-state index < -0.39 is 0 Å². The summed E-state index contributed by atoms with van der Waals surface area (Å²) in [4.78, 5) is 13.4. The van der Waals surface area contributed by atoms with Gasteiger partial charge in [-0.1, -0.05) is 0 Å². The van der Waals surface area contributed by atoms with Crippen LogP contribution in [0.15, 0.2) is 0 Å². The third-order valence-corrected chi connectivity index (χ3v) is 4.09. The van der Waals surface area contributed by atoms with Gasteiger partial charge >= 0.3 is 0 Å². The van der Waals surface area contributed by atoms with Crippen molar-refractivity contribution in [3.63, 3.8) is 0 Å². The number of hydrogen-bond donors (Lipinski definition) is 1. The minimum atomic E-state index is 0.0784. The van der Waals surface area contributed by atoms with Crippen molar-refractivity contribution in [3.05, 3.63) is 0 Å². The first kappa shape index (κ1) is 8.38. The Balaban J connectivity index is 2.21. The Morgan fingerprint density at radius 2 is 2.42 bits per heavy atom. The predicted molar refractivity (Wildman–Crippen MR) is 50.0 cm³/mol. The standard InChI is InChI=1S/C8H14N2OS/c1-8(2)7-10(4-3-9-8)6(11)5-12-7/h7,9H,3-5H2,1-2H3/t7-/m0/s1. The smallest absolute Gasteiger partial charge is 0.233 e. The zero-order valence-electron chi connectivity index (χ0n) is 7.46. The van der Waals surface area contributed by atoms with Gasteiger partial charge in [-0.05, 0) is 13.8 Å². The molecule has 0 aromatic carbocycles. The number of nitrogens with one attached hydrogen (secondary N) is 1. The van der Waals surface area contributed by atoms with Gasteiger partial charge in [0.2, 0.25) is 5.91 Å². The lowest BCUT2D eigenvalue weighted by Crippen LogP contribution is -2.61. The van der Waals surface area contributed by atoms with Crippen molar-refractivity contribution in [1.82, 2.24) is 10.2 Å². The quantitative estimate of drug-likeness (QED) is 0.589. The molecule has 1 N–H and O–H groups in total. The summed E-state index contributed by atoms with van der Waals surface area (Å²) in [7, 11) is 0. The molecule has 1 atom stereocenters. The van der Waals surface area contributed by atoms with Crippen molar-refractivity contribution in [1.29, 1.82) is 0 Å². The molecule has 0 spiro atoms. The van der Waals surface area contributed by atoms with E-state index in [9.17, 15) is 4.79 Å². The van der Waals surface area contributed by atoms with Crippen LogP contribution in [0.4, 0.5) is 0 Å². The van der Waals surface area contributed by atoms with Crippen LogP contribution in [0.25, 0.3) is 0 Å². The Morgan fingerprint density at radius 3 is 3.08 bits per heavy atom. The average Bonchev–Trinajstić information content (AvgIpc) is 2.33. The summed E-state index contributed by atoms with van der Waals surface area (Å²) in [6, 6.07) is 0. The molecule has 0 radical (unpaired) electrons. The highest BCUT2D eigenvalue weighted by atomic mass is 32.2. The molecule has 4 heteroatoms. The van der Waals surface area contributed by atoms with E-state index >= 15 is 0 Å². The van der Waals surface area contributed by atoms with Crippen LogP contribution < -0.4 is 5.32 Å².